The molecule has 1 heterocycles. The largest absolute Gasteiger partial charge is 0.325 e. The minimum Gasteiger partial charge on any atom is -0.325 e. The van der Waals surface area contributed by atoms with Crippen molar-refractivity contribution < 1.29 is 0 Å². The highest BCUT2D eigenvalue weighted by Gasteiger charge is 2.21. The Labute approximate surface area is 61.0 Å². The van der Waals surface area contributed by atoms with Gasteiger partial charge in [-0.3, -0.25) is 0 Å². The van der Waals surface area contributed by atoms with E-state index < -0.39 is 0 Å². The number of alkyl halides is 1. The van der Waals surface area contributed by atoms with Crippen molar-refractivity contribution in [3.63, 3.8) is 0 Å². The van der Waals surface area contributed by atoms with E-state index in [0.717, 1.165) is 31.9 Å². The first-order chi connectivity index (χ1) is 4.33. The molecule has 0 aromatic heterocycles. The lowest BCUT2D eigenvalue weighted by atomic mass is 10.1. The number of rotatable bonds is 3. The zero-order valence-electron chi connectivity index (χ0n) is 5.52. The molecule has 1 aliphatic heterocycles. The smallest absolute Gasteiger partial charge is 0.0297 e. The predicted molar refractivity (Wildman–Crippen MR) is 39.8 cm³/mol. The molecule has 0 aromatic rings. The van der Waals surface area contributed by atoms with Gasteiger partial charge in [-0.25, -0.2) is 0 Å². The van der Waals surface area contributed by atoms with Gasteiger partial charge in [0.15, 0.2) is 0 Å². The highest BCUT2D eigenvalue weighted by atomic mass is 35.5. The molecule has 0 atom stereocenters. The zero-order chi connectivity index (χ0) is 6.69. The summed E-state index contributed by atoms with van der Waals surface area (Å²) in [5.41, 5.74) is 5.57. The van der Waals surface area contributed by atoms with E-state index >= 15 is 0 Å². The van der Waals surface area contributed by atoms with Crippen LogP contribution in [0, 0.1) is 0 Å². The van der Waals surface area contributed by atoms with E-state index in [4.69, 9.17) is 17.3 Å². The van der Waals surface area contributed by atoms with E-state index in [-0.39, 0.29) is 0 Å². The number of nitrogens with two attached hydrogens (primary N) is 1. The van der Waals surface area contributed by atoms with Gasteiger partial charge in [0.05, 0.1) is 0 Å². The summed E-state index contributed by atoms with van der Waals surface area (Å²) >= 11 is 5.51. The van der Waals surface area contributed by atoms with Gasteiger partial charge in [0, 0.05) is 25.0 Å². The van der Waals surface area contributed by atoms with Gasteiger partial charge in [-0.1, -0.05) is 0 Å². The molecule has 0 aromatic carbocycles. The molecule has 2 N–H and O–H groups in total. The molecule has 1 rings (SSSR count). The molecule has 54 valence electrons. The summed E-state index contributed by atoms with van der Waals surface area (Å²) in [5.74, 6) is 0.770. The fourth-order valence-electron chi connectivity index (χ4n) is 1.08. The molecule has 2 nitrogen and oxygen atoms in total. The molecule has 3 heteroatoms. The van der Waals surface area contributed by atoms with E-state index in [1.54, 1.807) is 0 Å². The van der Waals surface area contributed by atoms with Gasteiger partial charge in [0.1, 0.15) is 0 Å². The van der Waals surface area contributed by atoms with Crippen LogP contribution in [0.4, 0.5) is 0 Å². The number of halogens is 1. The van der Waals surface area contributed by atoms with Gasteiger partial charge >= 0.3 is 0 Å². The molecule has 9 heavy (non-hydrogen) atoms. The summed E-state index contributed by atoms with van der Waals surface area (Å²) in [7, 11) is 0. The Balaban J connectivity index is 1.91. The van der Waals surface area contributed by atoms with E-state index in [9.17, 15) is 0 Å². The minimum absolute atomic E-state index is 0.431. The molecule has 0 aliphatic carbocycles. The molecule has 1 aliphatic rings. The van der Waals surface area contributed by atoms with Gasteiger partial charge in [0.25, 0.3) is 0 Å². The fraction of sp³-hybridized carbons (Fsp3) is 1.00. The molecule has 0 amide bonds. The number of nitrogens with zero attached hydrogens (tertiary/aromatic N) is 1. The SMILES string of the molecule is NC1CN(CCCCl)C1. The maximum Gasteiger partial charge on any atom is 0.0297 e. The van der Waals surface area contributed by atoms with Gasteiger partial charge in [-0.15, -0.1) is 11.6 Å². The van der Waals surface area contributed by atoms with Crippen molar-refractivity contribution in [3.8, 4) is 0 Å². The highest BCUT2D eigenvalue weighted by Crippen LogP contribution is 2.05. The maximum atomic E-state index is 5.57. The van der Waals surface area contributed by atoms with Crippen molar-refractivity contribution in [2.45, 2.75) is 12.5 Å². The second kappa shape index (κ2) is 3.40. The molecular weight excluding hydrogens is 136 g/mol. The third kappa shape index (κ3) is 2.12. The lowest BCUT2D eigenvalue weighted by molar-refractivity contribution is 0.152. The van der Waals surface area contributed by atoms with E-state index in [1.165, 1.54) is 0 Å². The molecule has 0 radical (unpaired) electrons. The van der Waals surface area contributed by atoms with E-state index in [0.29, 0.717) is 6.04 Å². The van der Waals surface area contributed by atoms with E-state index in [2.05, 4.69) is 4.90 Å². The van der Waals surface area contributed by atoms with Crippen LogP contribution in [0.1, 0.15) is 6.42 Å². The minimum atomic E-state index is 0.431. The lowest BCUT2D eigenvalue weighted by Crippen LogP contribution is -2.55. The van der Waals surface area contributed by atoms with Crippen molar-refractivity contribution in [1.29, 1.82) is 0 Å². The Morgan fingerprint density at radius 2 is 2.22 bits per heavy atom. The first kappa shape index (κ1) is 7.32. The first-order valence-corrected chi connectivity index (χ1v) is 3.90. The van der Waals surface area contributed by atoms with Gasteiger partial charge < -0.3 is 10.6 Å². The monoisotopic (exact) mass is 148 g/mol. The predicted octanol–water partition coefficient (Wildman–Crippen LogP) is 0.258. The second-order valence-corrected chi connectivity index (χ2v) is 2.94. The van der Waals surface area contributed by atoms with E-state index in [1.807, 2.05) is 0 Å². The van der Waals surface area contributed by atoms with Crippen molar-refractivity contribution in [2.24, 2.45) is 5.73 Å². The van der Waals surface area contributed by atoms with Crippen LogP contribution in [-0.2, 0) is 0 Å². The summed E-state index contributed by atoms with van der Waals surface area (Å²) in [4.78, 5) is 2.33. The van der Waals surface area contributed by atoms with Crippen molar-refractivity contribution >= 4 is 11.6 Å². The van der Waals surface area contributed by atoms with Crippen LogP contribution >= 0.6 is 11.6 Å². The van der Waals surface area contributed by atoms with Crippen LogP contribution in [0.25, 0.3) is 0 Å². The maximum absolute atomic E-state index is 5.57. The average Bonchev–Trinajstić information content (AvgIpc) is 1.78. The van der Waals surface area contributed by atoms with Crippen LogP contribution in [0.2, 0.25) is 0 Å². The molecule has 1 fully saturated rings. The number of hydrogen-bond acceptors (Lipinski definition) is 2. The summed E-state index contributed by atoms with van der Waals surface area (Å²) in [6.07, 6.45) is 1.09. The third-order valence-corrected chi connectivity index (χ3v) is 1.86. The summed E-state index contributed by atoms with van der Waals surface area (Å²) in [6.45, 7) is 3.25. The van der Waals surface area contributed by atoms with Crippen molar-refractivity contribution in [1.82, 2.24) is 4.90 Å². The van der Waals surface area contributed by atoms with Gasteiger partial charge in [-0.05, 0) is 13.0 Å². The fourth-order valence-corrected chi connectivity index (χ4v) is 1.20. The van der Waals surface area contributed by atoms with Crippen LogP contribution in [0.5, 0.6) is 0 Å². The van der Waals surface area contributed by atoms with Crippen LogP contribution in [-0.4, -0.2) is 36.5 Å². The standard InChI is InChI=1S/C6H13ClN2/c7-2-1-3-9-4-6(8)5-9/h6H,1-5,8H2. The Morgan fingerprint density at radius 3 is 2.67 bits per heavy atom. The first-order valence-electron chi connectivity index (χ1n) is 3.37. The van der Waals surface area contributed by atoms with Crippen LogP contribution < -0.4 is 5.73 Å². The molecular formula is C6H13ClN2. The highest BCUT2D eigenvalue weighted by molar-refractivity contribution is 6.17. The molecule has 0 spiro atoms. The second-order valence-electron chi connectivity index (χ2n) is 2.56. The zero-order valence-corrected chi connectivity index (χ0v) is 6.27. The third-order valence-electron chi connectivity index (χ3n) is 1.59. The van der Waals surface area contributed by atoms with Crippen LogP contribution in [0.15, 0.2) is 0 Å². The quantitative estimate of drug-likeness (QED) is 0.582. The molecule has 0 bridgehead atoms. The Hall–Kier alpha value is 0.210. The summed E-state index contributed by atoms with van der Waals surface area (Å²) < 4.78 is 0. The Kier molecular flexibility index (Phi) is 2.76. The number of hydrogen-bond donors (Lipinski definition) is 1. The average molecular weight is 149 g/mol. The van der Waals surface area contributed by atoms with Crippen molar-refractivity contribution in [3.05, 3.63) is 0 Å². The normalized spacial score (nSPS) is 22.0. The lowest BCUT2D eigenvalue weighted by Gasteiger charge is -2.36. The molecule has 1 saturated heterocycles. The molecule has 0 unspecified atom stereocenters. The Bertz CT molecular complexity index is 81.1. The number of likely N-dealkylation sites (tertiary alicyclic amines) is 1. The van der Waals surface area contributed by atoms with Crippen molar-refractivity contribution in [2.75, 3.05) is 25.5 Å². The van der Waals surface area contributed by atoms with Gasteiger partial charge in [0.2, 0.25) is 0 Å². The summed E-state index contributed by atoms with van der Waals surface area (Å²) in [6, 6.07) is 0.431. The topological polar surface area (TPSA) is 29.3 Å². The van der Waals surface area contributed by atoms with Gasteiger partial charge in [-0.2, -0.15) is 0 Å². The Morgan fingerprint density at radius 1 is 1.56 bits per heavy atom. The summed E-state index contributed by atoms with van der Waals surface area (Å²) in [5, 5.41) is 0. The molecule has 0 saturated carbocycles. The van der Waals surface area contributed by atoms with Crippen LogP contribution in [0.3, 0.4) is 0 Å².